The normalized spacial score (nSPS) is 14.6. The molecule has 1 aromatic carbocycles. The van der Waals surface area contributed by atoms with Crippen LogP contribution in [0.2, 0.25) is 0 Å². The number of benzene rings is 1. The van der Waals surface area contributed by atoms with E-state index < -0.39 is 0 Å². The number of aryl methyl sites for hydroxylation is 3. The quantitative estimate of drug-likeness (QED) is 0.764. The van der Waals surface area contributed by atoms with E-state index in [4.69, 9.17) is 9.15 Å². The number of hydrogen-bond donors (Lipinski definition) is 1. The summed E-state index contributed by atoms with van der Waals surface area (Å²) in [5.74, 6) is 0.931. The van der Waals surface area contributed by atoms with Gasteiger partial charge in [0.05, 0.1) is 24.6 Å². The van der Waals surface area contributed by atoms with Gasteiger partial charge in [-0.2, -0.15) is 0 Å². The molecule has 0 aliphatic carbocycles. The fourth-order valence-electron chi connectivity index (χ4n) is 3.25. The van der Waals surface area contributed by atoms with E-state index in [2.05, 4.69) is 15.2 Å². The van der Waals surface area contributed by atoms with Gasteiger partial charge >= 0.3 is 0 Å². The first-order valence-corrected chi connectivity index (χ1v) is 9.14. The van der Waals surface area contributed by atoms with E-state index >= 15 is 0 Å². The smallest absolute Gasteiger partial charge is 0.291 e. The van der Waals surface area contributed by atoms with Crippen LogP contribution < -0.4 is 10.2 Å². The van der Waals surface area contributed by atoms with Crippen LogP contribution in [0, 0.1) is 20.8 Å². The van der Waals surface area contributed by atoms with Crippen LogP contribution >= 0.6 is 0 Å². The van der Waals surface area contributed by atoms with Gasteiger partial charge in [-0.25, -0.2) is 4.98 Å². The minimum Gasteiger partial charge on any atom is -0.451 e. The number of amides is 1. The van der Waals surface area contributed by atoms with Gasteiger partial charge < -0.3 is 19.4 Å². The summed E-state index contributed by atoms with van der Waals surface area (Å²) in [5, 5.41) is 3.84. The number of furan rings is 1. The Bertz CT molecular complexity index is 964. The largest absolute Gasteiger partial charge is 0.451 e. The number of fused-ring (bicyclic) bond motifs is 1. The first-order chi connectivity index (χ1) is 13.0. The van der Waals surface area contributed by atoms with Crippen LogP contribution in [-0.4, -0.2) is 37.2 Å². The maximum atomic E-state index is 12.6. The maximum absolute atomic E-state index is 12.6. The Balaban J connectivity index is 1.54. The van der Waals surface area contributed by atoms with Crippen LogP contribution in [-0.2, 0) is 4.74 Å². The summed E-state index contributed by atoms with van der Waals surface area (Å²) in [6.45, 7) is 9.06. The van der Waals surface area contributed by atoms with E-state index in [0.29, 0.717) is 24.7 Å². The van der Waals surface area contributed by atoms with Crippen molar-refractivity contribution in [1.82, 2.24) is 4.98 Å². The van der Waals surface area contributed by atoms with Gasteiger partial charge in [-0.1, -0.05) is 0 Å². The Kier molecular flexibility index (Phi) is 4.58. The second-order valence-electron chi connectivity index (χ2n) is 6.94. The summed E-state index contributed by atoms with van der Waals surface area (Å²) in [5.41, 5.74) is 4.50. The standard InChI is InChI=1S/C21H23N3O3/c1-13-10-16-12-19(27-18(16)11-14(13)2)21(25)23-17-4-5-20(22-15(17)3)24-6-8-26-9-7-24/h4-5,10-12H,6-9H2,1-3H3,(H,23,25). The molecule has 6 nitrogen and oxygen atoms in total. The predicted molar refractivity (Wildman–Crippen MR) is 106 cm³/mol. The van der Waals surface area contributed by atoms with Gasteiger partial charge in [0.1, 0.15) is 11.4 Å². The number of pyridine rings is 1. The van der Waals surface area contributed by atoms with Gasteiger partial charge in [-0.05, 0) is 62.2 Å². The summed E-state index contributed by atoms with van der Waals surface area (Å²) in [6, 6.07) is 9.60. The van der Waals surface area contributed by atoms with Crippen LogP contribution in [0.15, 0.2) is 34.7 Å². The van der Waals surface area contributed by atoms with Crippen molar-refractivity contribution in [2.24, 2.45) is 0 Å². The highest BCUT2D eigenvalue weighted by Crippen LogP contribution is 2.25. The van der Waals surface area contributed by atoms with E-state index in [1.807, 2.05) is 45.0 Å². The molecule has 0 unspecified atom stereocenters. The molecule has 27 heavy (non-hydrogen) atoms. The van der Waals surface area contributed by atoms with Crippen LogP contribution in [0.3, 0.4) is 0 Å². The van der Waals surface area contributed by atoms with Crippen LogP contribution in [0.4, 0.5) is 11.5 Å². The average molecular weight is 365 g/mol. The zero-order valence-electron chi connectivity index (χ0n) is 15.8. The van der Waals surface area contributed by atoms with Gasteiger partial charge in [0.15, 0.2) is 5.76 Å². The molecule has 2 aromatic heterocycles. The summed E-state index contributed by atoms with van der Waals surface area (Å²) >= 11 is 0. The van der Waals surface area contributed by atoms with Gasteiger partial charge in [0, 0.05) is 18.5 Å². The molecule has 0 spiro atoms. The molecule has 0 bridgehead atoms. The second kappa shape index (κ2) is 7.04. The third-order valence-corrected chi connectivity index (χ3v) is 5.01. The lowest BCUT2D eigenvalue weighted by atomic mass is 10.1. The molecule has 3 aromatic rings. The molecule has 1 aliphatic heterocycles. The number of carbonyl (C=O) groups excluding carboxylic acids is 1. The lowest BCUT2D eigenvalue weighted by Gasteiger charge is -2.28. The van der Waals surface area contributed by atoms with E-state index in [1.54, 1.807) is 6.07 Å². The number of anilines is 2. The van der Waals surface area contributed by atoms with Gasteiger partial charge in [0.2, 0.25) is 0 Å². The number of morpholine rings is 1. The summed E-state index contributed by atoms with van der Waals surface area (Å²) in [6.07, 6.45) is 0. The first-order valence-electron chi connectivity index (χ1n) is 9.14. The minimum atomic E-state index is -0.273. The van der Waals surface area contributed by atoms with Crippen molar-refractivity contribution >= 4 is 28.4 Å². The number of nitrogens with zero attached hydrogens (tertiary/aromatic N) is 2. The highest BCUT2D eigenvalue weighted by atomic mass is 16.5. The van der Waals surface area contributed by atoms with Gasteiger partial charge in [-0.3, -0.25) is 4.79 Å². The Labute approximate surface area is 158 Å². The van der Waals surface area contributed by atoms with Crippen molar-refractivity contribution in [2.75, 3.05) is 36.5 Å². The molecule has 1 fully saturated rings. The van der Waals surface area contributed by atoms with Crippen LogP contribution in [0.1, 0.15) is 27.4 Å². The zero-order valence-corrected chi connectivity index (χ0v) is 15.8. The summed E-state index contributed by atoms with van der Waals surface area (Å²) < 4.78 is 11.1. The van der Waals surface area contributed by atoms with Crippen molar-refractivity contribution in [1.29, 1.82) is 0 Å². The fraction of sp³-hybridized carbons (Fsp3) is 0.333. The number of ether oxygens (including phenoxy) is 1. The van der Waals surface area contributed by atoms with Gasteiger partial charge in [-0.15, -0.1) is 0 Å². The molecular formula is C21H23N3O3. The monoisotopic (exact) mass is 365 g/mol. The average Bonchev–Trinajstić information content (AvgIpc) is 3.07. The molecule has 140 valence electrons. The number of rotatable bonds is 3. The Morgan fingerprint density at radius 2 is 1.81 bits per heavy atom. The molecular weight excluding hydrogens is 342 g/mol. The highest BCUT2D eigenvalue weighted by molar-refractivity contribution is 6.05. The second-order valence-corrected chi connectivity index (χ2v) is 6.94. The molecule has 1 aliphatic rings. The Hall–Kier alpha value is -2.86. The number of hydrogen-bond acceptors (Lipinski definition) is 5. The molecule has 0 atom stereocenters. The molecule has 0 radical (unpaired) electrons. The number of carbonyl (C=O) groups is 1. The Morgan fingerprint density at radius 1 is 1.07 bits per heavy atom. The molecule has 1 saturated heterocycles. The number of aromatic nitrogens is 1. The van der Waals surface area contributed by atoms with E-state index in [0.717, 1.165) is 41.1 Å². The van der Waals surface area contributed by atoms with Crippen molar-refractivity contribution in [3.8, 4) is 0 Å². The third-order valence-electron chi connectivity index (χ3n) is 5.01. The lowest BCUT2D eigenvalue weighted by Crippen LogP contribution is -2.36. The van der Waals surface area contributed by atoms with Crippen molar-refractivity contribution < 1.29 is 13.9 Å². The van der Waals surface area contributed by atoms with Crippen LogP contribution in [0.5, 0.6) is 0 Å². The van der Waals surface area contributed by atoms with E-state index in [-0.39, 0.29) is 5.91 Å². The minimum absolute atomic E-state index is 0.273. The molecule has 0 saturated carbocycles. The Morgan fingerprint density at radius 3 is 2.56 bits per heavy atom. The summed E-state index contributed by atoms with van der Waals surface area (Å²) in [7, 11) is 0. The predicted octanol–water partition coefficient (Wildman–Crippen LogP) is 3.84. The van der Waals surface area contributed by atoms with Crippen molar-refractivity contribution in [2.45, 2.75) is 20.8 Å². The zero-order chi connectivity index (χ0) is 19.0. The number of nitrogens with one attached hydrogen (secondary N) is 1. The maximum Gasteiger partial charge on any atom is 0.291 e. The third kappa shape index (κ3) is 3.53. The fourth-order valence-corrected chi connectivity index (χ4v) is 3.25. The first kappa shape index (κ1) is 17.5. The molecule has 6 heteroatoms. The lowest BCUT2D eigenvalue weighted by molar-refractivity contribution is 0.0998. The molecule has 4 rings (SSSR count). The topological polar surface area (TPSA) is 67.6 Å². The SMILES string of the molecule is Cc1cc2cc(C(=O)Nc3ccc(N4CCOCC4)nc3C)oc2cc1C. The van der Waals surface area contributed by atoms with E-state index in [9.17, 15) is 4.79 Å². The van der Waals surface area contributed by atoms with Gasteiger partial charge in [0.25, 0.3) is 5.91 Å². The molecule has 1 N–H and O–H groups in total. The van der Waals surface area contributed by atoms with Crippen LogP contribution in [0.25, 0.3) is 11.0 Å². The van der Waals surface area contributed by atoms with Crippen molar-refractivity contribution in [3.05, 3.63) is 52.9 Å². The molecule has 3 heterocycles. The summed E-state index contributed by atoms with van der Waals surface area (Å²) in [4.78, 5) is 19.5. The molecule has 1 amide bonds. The highest BCUT2D eigenvalue weighted by Gasteiger charge is 2.17. The van der Waals surface area contributed by atoms with E-state index in [1.165, 1.54) is 5.56 Å². The van der Waals surface area contributed by atoms with Crippen molar-refractivity contribution in [3.63, 3.8) is 0 Å².